The van der Waals surface area contributed by atoms with Gasteiger partial charge in [-0.2, -0.15) is 0 Å². The summed E-state index contributed by atoms with van der Waals surface area (Å²) in [6.45, 7) is 3.15. The summed E-state index contributed by atoms with van der Waals surface area (Å²) in [7, 11) is 3.22. The quantitative estimate of drug-likeness (QED) is 0.661. The molecular formula is C21H27NO4. The molecule has 2 rings (SSSR count). The van der Waals surface area contributed by atoms with Crippen LogP contribution in [0.2, 0.25) is 0 Å². The minimum absolute atomic E-state index is 0.0401. The summed E-state index contributed by atoms with van der Waals surface area (Å²) in [5, 5.41) is 2.94. The SMILES string of the molecule is COc1ccc(CCNC(=O)CCCOc2cccc(C)c2)cc1OC. The third-order valence-corrected chi connectivity index (χ3v) is 3.99. The summed E-state index contributed by atoms with van der Waals surface area (Å²) in [6, 6.07) is 13.7. The second-order valence-corrected chi connectivity index (χ2v) is 6.06. The predicted octanol–water partition coefficient (Wildman–Crippen LogP) is 3.53. The van der Waals surface area contributed by atoms with Crippen molar-refractivity contribution in [1.29, 1.82) is 0 Å². The number of nitrogens with one attached hydrogen (secondary N) is 1. The highest BCUT2D eigenvalue weighted by molar-refractivity contribution is 5.75. The lowest BCUT2D eigenvalue weighted by molar-refractivity contribution is -0.121. The molecule has 0 radical (unpaired) electrons. The second kappa shape index (κ2) is 10.3. The van der Waals surface area contributed by atoms with Crippen LogP contribution in [0.25, 0.3) is 0 Å². The monoisotopic (exact) mass is 357 g/mol. The molecule has 5 heteroatoms. The van der Waals surface area contributed by atoms with E-state index in [2.05, 4.69) is 5.32 Å². The third kappa shape index (κ3) is 6.31. The lowest BCUT2D eigenvalue weighted by atomic mass is 10.1. The molecule has 5 nitrogen and oxygen atoms in total. The van der Waals surface area contributed by atoms with Gasteiger partial charge in [0.15, 0.2) is 11.5 Å². The zero-order valence-corrected chi connectivity index (χ0v) is 15.7. The van der Waals surface area contributed by atoms with Gasteiger partial charge in [0.2, 0.25) is 5.91 Å². The molecule has 2 aromatic rings. The van der Waals surface area contributed by atoms with Crippen molar-refractivity contribution in [3.05, 3.63) is 53.6 Å². The van der Waals surface area contributed by atoms with Crippen molar-refractivity contribution in [2.24, 2.45) is 0 Å². The number of hydrogen-bond acceptors (Lipinski definition) is 4. The summed E-state index contributed by atoms with van der Waals surface area (Å²) >= 11 is 0. The maximum absolute atomic E-state index is 11.9. The molecule has 0 spiro atoms. The first-order valence-corrected chi connectivity index (χ1v) is 8.79. The Labute approximate surface area is 155 Å². The highest BCUT2D eigenvalue weighted by Gasteiger charge is 2.06. The number of ether oxygens (including phenoxy) is 3. The molecule has 0 aliphatic rings. The summed E-state index contributed by atoms with van der Waals surface area (Å²) in [5.74, 6) is 2.29. The minimum atomic E-state index is 0.0401. The molecule has 0 aliphatic carbocycles. The number of carbonyl (C=O) groups is 1. The van der Waals surface area contributed by atoms with Crippen LogP contribution in [0.1, 0.15) is 24.0 Å². The van der Waals surface area contributed by atoms with E-state index >= 15 is 0 Å². The van der Waals surface area contributed by atoms with Gasteiger partial charge in [-0.3, -0.25) is 4.79 Å². The Bertz CT molecular complexity index is 715. The molecule has 0 aliphatic heterocycles. The van der Waals surface area contributed by atoms with Crippen LogP contribution in [0.5, 0.6) is 17.2 Å². The molecule has 2 aromatic carbocycles. The summed E-state index contributed by atoms with van der Waals surface area (Å²) in [6.07, 6.45) is 1.89. The molecule has 0 atom stereocenters. The lowest BCUT2D eigenvalue weighted by Gasteiger charge is -2.10. The summed E-state index contributed by atoms with van der Waals surface area (Å²) < 4.78 is 16.2. The van der Waals surface area contributed by atoms with Crippen LogP contribution in [0.3, 0.4) is 0 Å². The standard InChI is InChI=1S/C21H27NO4/c1-16-6-4-7-18(14-16)26-13-5-8-21(23)22-12-11-17-9-10-19(24-2)20(15-17)25-3/h4,6-7,9-10,14-15H,5,8,11-13H2,1-3H3,(H,22,23). The fourth-order valence-electron chi connectivity index (χ4n) is 2.60. The Morgan fingerprint density at radius 2 is 1.85 bits per heavy atom. The first-order chi connectivity index (χ1) is 12.6. The maximum Gasteiger partial charge on any atom is 0.220 e. The van der Waals surface area contributed by atoms with Crippen molar-refractivity contribution < 1.29 is 19.0 Å². The van der Waals surface area contributed by atoms with Gasteiger partial charge >= 0.3 is 0 Å². The van der Waals surface area contributed by atoms with E-state index in [1.54, 1.807) is 14.2 Å². The van der Waals surface area contributed by atoms with Crippen molar-refractivity contribution in [3.8, 4) is 17.2 Å². The van der Waals surface area contributed by atoms with E-state index < -0.39 is 0 Å². The van der Waals surface area contributed by atoms with Gasteiger partial charge in [-0.05, 0) is 55.2 Å². The fraction of sp³-hybridized carbons (Fsp3) is 0.381. The van der Waals surface area contributed by atoms with E-state index in [9.17, 15) is 4.79 Å². The van der Waals surface area contributed by atoms with Gasteiger partial charge in [0.1, 0.15) is 5.75 Å². The lowest BCUT2D eigenvalue weighted by Crippen LogP contribution is -2.25. The van der Waals surface area contributed by atoms with Crippen LogP contribution in [0.15, 0.2) is 42.5 Å². The van der Waals surface area contributed by atoms with Gasteiger partial charge in [-0.15, -0.1) is 0 Å². The number of aryl methyl sites for hydroxylation is 1. The second-order valence-electron chi connectivity index (χ2n) is 6.06. The molecule has 0 heterocycles. The molecule has 140 valence electrons. The van der Waals surface area contributed by atoms with Gasteiger partial charge in [0, 0.05) is 13.0 Å². The van der Waals surface area contributed by atoms with Crippen LogP contribution in [-0.2, 0) is 11.2 Å². The molecule has 0 aromatic heterocycles. The van der Waals surface area contributed by atoms with Crippen LogP contribution in [0.4, 0.5) is 0 Å². The average molecular weight is 357 g/mol. The molecule has 0 fully saturated rings. The molecule has 1 N–H and O–H groups in total. The van der Waals surface area contributed by atoms with Crippen LogP contribution in [-0.4, -0.2) is 33.3 Å². The first kappa shape index (κ1) is 19.6. The highest BCUT2D eigenvalue weighted by atomic mass is 16.5. The molecule has 0 bridgehead atoms. The fourth-order valence-corrected chi connectivity index (χ4v) is 2.60. The van der Waals surface area contributed by atoms with E-state index in [4.69, 9.17) is 14.2 Å². The van der Waals surface area contributed by atoms with E-state index in [-0.39, 0.29) is 5.91 Å². The normalized spacial score (nSPS) is 10.3. The zero-order chi connectivity index (χ0) is 18.8. The largest absolute Gasteiger partial charge is 0.494 e. The van der Waals surface area contributed by atoms with E-state index in [1.807, 2.05) is 49.4 Å². The highest BCUT2D eigenvalue weighted by Crippen LogP contribution is 2.27. The average Bonchev–Trinajstić information content (AvgIpc) is 2.65. The predicted molar refractivity (Wildman–Crippen MR) is 102 cm³/mol. The molecule has 26 heavy (non-hydrogen) atoms. The summed E-state index contributed by atoms with van der Waals surface area (Å²) in [4.78, 5) is 11.9. The topological polar surface area (TPSA) is 56.8 Å². The van der Waals surface area contributed by atoms with Crippen molar-refractivity contribution >= 4 is 5.91 Å². The number of rotatable bonds is 10. The van der Waals surface area contributed by atoms with Gasteiger partial charge in [-0.1, -0.05) is 18.2 Å². The smallest absolute Gasteiger partial charge is 0.220 e. The minimum Gasteiger partial charge on any atom is -0.494 e. The molecule has 0 unspecified atom stereocenters. The number of carbonyl (C=O) groups excluding carboxylic acids is 1. The molecular weight excluding hydrogens is 330 g/mol. The number of methoxy groups -OCH3 is 2. The Kier molecular flexibility index (Phi) is 7.80. The molecule has 0 saturated heterocycles. The van der Waals surface area contributed by atoms with Gasteiger partial charge in [-0.25, -0.2) is 0 Å². The maximum atomic E-state index is 11.9. The van der Waals surface area contributed by atoms with Crippen molar-refractivity contribution in [2.45, 2.75) is 26.2 Å². The van der Waals surface area contributed by atoms with E-state index in [0.29, 0.717) is 37.5 Å². The Morgan fingerprint density at radius 3 is 2.58 bits per heavy atom. The first-order valence-electron chi connectivity index (χ1n) is 8.79. The van der Waals surface area contributed by atoms with Gasteiger partial charge in [0.05, 0.1) is 20.8 Å². The van der Waals surface area contributed by atoms with Crippen LogP contribution >= 0.6 is 0 Å². The Hall–Kier alpha value is -2.69. The van der Waals surface area contributed by atoms with Crippen molar-refractivity contribution in [2.75, 3.05) is 27.4 Å². The van der Waals surface area contributed by atoms with Crippen molar-refractivity contribution in [1.82, 2.24) is 5.32 Å². The number of hydrogen-bond donors (Lipinski definition) is 1. The van der Waals surface area contributed by atoms with Gasteiger partial charge in [0.25, 0.3) is 0 Å². The van der Waals surface area contributed by atoms with Gasteiger partial charge < -0.3 is 19.5 Å². The Morgan fingerprint density at radius 1 is 1.04 bits per heavy atom. The van der Waals surface area contributed by atoms with E-state index in [0.717, 1.165) is 23.3 Å². The molecule has 1 amide bonds. The van der Waals surface area contributed by atoms with Crippen LogP contribution < -0.4 is 19.5 Å². The van der Waals surface area contributed by atoms with Crippen molar-refractivity contribution in [3.63, 3.8) is 0 Å². The third-order valence-electron chi connectivity index (χ3n) is 3.99. The molecule has 0 saturated carbocycles. The number of benzene rings is 2. The zero-order valence-electron chi connectivity index (χ0n) is 15.7. The summed E-state index contributed by atoms with van der Waals surface area (Å²) in [5.41, 5.74) is 2.25. The van der Waals surface area contributed by atoms with E-state index in [1.165, 1.54) is 0 Å². The van der Waals surface area contributed by atoms with Crippen LogP contribution in [0, 0.1) is 6.92 Å². The Balaban J connectivity index is 1.64. The number of amides is 1.